The number of rotatable bonds is 6. The molecule has 1 aromatic heterocycles. The Labute approximate surface area is 325 Å². The highest BCUT2D eigenvalue weighted by atomic mass is 15.1. The molecule has 0 saturated carbocycles. The molecule has 262 valence electrons. The molecule has 56 heavy (non-hydrogen) atoms. The minimum atomic E-state index is 1.11. The first-order valence-electron chi connectivity index (χ1n) is 19.3. The lowest BCUT2D eigenvalue weighted by atomic mass is 10.0. The Kier molecular flexibility index (Phi) is 7.53. The van der Waals surface area contributed by atoms with E-state index < -0.39 is 0 Å². The van der Waals surface area contributed by atoms with Gasteiger partial charge in [0.1, 0.15) is 0 Å². The number of nitrogens with zero attached hydrogens (tertiary/aromatic N) is 2. The molecular formula is C54H36N2. The van der Waals surface area contributed by atoms with Crippen molar-refractivity contribution in [3.8, 4) is 27.9 Å². The van der Waals surface area contributed by atoms with Crippen LogP contribution in [0.4, 0.5) is 17.1 Å². The number of benzene rings is 10. The van der Waals surface area contributed by atoms with Crippen LogP contribution in [0.2, 0.25) is 0 Å². The van der Waals surface area contributed by atoms with Crippen LogP contribution in [0, 0.1) is 0 Å². The molecular weight excluding hydrogens is 677 g/mol. The van der Waals surface area contributed by atoms with Crippen molar-refractivity contribution in [3.05, 3.63) is 218 Å². The van der Waals surface area contributed by atoms with Crippen molar-refractivity contribution < 1.29 is 0 Å². The van der Waals surface area contributed by atoms with Crippen LogP contribution in [-0.4, -0.2) is 4.57 Å². The number of aromatic nitrogens is 1. The molecule has 10 aromatic carbocycles. The minimum Gasteiger partial charge on any atom is -0.310 e. The third kappa shape index (κ3) is 5.34. The van der Waals surface area contributed by atoms with Gasteiger partial charge in [-0.05, 0) is 98.4 Å². The van der Waals surface area contributed by atoms with Gasteiger partial charge in [-0.3, -0.25) is 0 Å². The van der Waals surface area contributed by atoms with Crippen molar-refractivity contribution in [2.24, 2.45) is 0 Å². The second-order valence-electron chi connectivity index (χ2n) is 14.6. The van der Waals surface area contributed by atoms with E-state index >= 15 is 0 Å². The van der Waals surface area contributed by atoms with Gasteiger partial charge in [-0.15, -0.1) is 0 Å². The zero-order chi connectivity index (χ0) is 37.0. The summed E-state index contributed by atoms with van der Waals surface area (Å²) in [5.74, 6) is 0. The van der Waals surface area contributed by atoms with Crippen molar-refractivity contribution >= 4 is 71.2 Å². The Morgan fingerprint density at radius 1 is 0.286 bits per heavy atom. The predicted octanol–water partition coefficient (Wildman–Crippen LogP) is 15.0. The molecule has 0 N–H and O–H groups in total. The average molecular weight is 713 g/mol. The standard InChI is InChI=1S/C54H36N2/c1-2-11-37(12-3-1)39-21-28-45(29-22-39)55(47-32-25-38-13-4-5-16-43(38)35-47)46-30-23-40(24-31-46)44-27-34-53-51(36-44)50-33-26-42-15-7-9-19-49(42)54(50)56(53)52-20-10-17-41-14-6-8-18-48(41)52/h1-36H. The monoisotopic (exact) mass is 712 g/mol. The van der Waals surface area contributed by atoms with E-state index in [1.165, 1.54) is 82.1 Å². The molecule has 0 unspecified atom stereocenters. The van der Waals surface area contributed by atoms with Gasteiger partial charge >= 0.3 is 0 Å². The second kappa shape index (κ2) is 13.2. The maximum Gasteiger partial charge on any atom is 0.0619 e. The first kappa shape index (κ1) is 32.0. The summed E-state index contributed by atoms with van der Waals surface area (Å²) in [7, 11) is 0. The molecule has 0 saturated heterocycles. The lowest BCUT2D eigenvalue weighted by Gasteiger charge is -2.26. The van der Waals surface area contributed by atoms with Gasteiger partial charge in [0.2, 0.25) is 0 Å². The summed E-state index contributed by atoms with van der Waals surface area (Å²) >= 11 is 0. The van der Waals surface area contributed by atoms with Crippen molar-refractivity contribution in [2.75, 3.05) is 4.90 Å². The van der Waals surface area contributed by atoms with Gasteiger partial charge in [0.25, 0.3) is 0 Å². The zero-order valence-electron chi connectivity index (χ0n) is 30.7. The third-order valence-corrected chi connectivity index (χ3v) is 11.3. The highest BCUT2D eigenvalue weighted by Crippen LogP contribution is 2.41. The summed E-state index contributed by atoms with van der Waals surface area (Å²) in [6.07, 6.45) is 0. The Morgan fingerprint density at radius 2 is 0.821 bits per heavy atom. The van der Waals surface area contributed by atoms with Gasteiger partial charge in [-0.2, -0.15) is 0 Å². The van der Waals surface area contributed by atoms with E-state index in [0.29, 0.717) is 0 Å². The van der Waals surface area contributed by atoms with Gasteiger partial charge in [-0.1, -0.05) is 164 Å². The van der Waals surface area contributed by atoms with Gasteiger partial charge in [-0.25, -0.2) is 0 Å². The van der Waals surface area contributed by atoms with Crippen LogP contribution in [0.25, 0.3) is 82.1 Å². The first-order chi connectivity index (χ1) is 27.8. The van der Waals surface area contributed by atoms with E-state index in [1.54, 1.807) is 0 Å². The second-order valence-corrected chi connectivity index (χ2v) is 14.6. The van der Waals surface area contributed by atoms with E-state index in [0.717, 1.165) is 17.1 Å². The Bertz CT molecular complexity index is 3220. The highest BCUT2D eigenvalue weighted by molar-refractivity contribution is 6.20. The molecule has 11 aromatic rings. The summed E-state index contributed by atoms with van der Waals surface area (Å²) in [5.41, 5.74) is 11.8. The fourth-order valence-corrected chi connectivity index (χ4v) is 8.61. The van der Waals surface area contributed by atoms with Crippen LogP contribution >= 0.6 is 0 Å². The molecule has 0 aliphatic rings. The molecule has 1 heterocycles. The van der Waals surface area contributed by atoms with Gasteiger partial charge in [0.05, 0.1) is 16.7 Å². The number of hydrogen-bond acceptors (Lipinski definition) is 1. The maximum absolute atomic E-state index is 2.48. The van der Waals surface area contributed by atoms with Crippen LogP contribution in [-0.2, 0) is 0 Å². The molecule has 0 aliphatic carbocycles. The Balaban J connectivity index is 1.04. The summed E-state index contributed by atoms with van der Waals surface area (Å²) < 4.78 is 2.48. The van der Waals surface area contributed by atoms with E-state index in [1.807, 2.05) is 0 Å². The molecule has 0 spiro atoms. The van der Waals surface area contributed by atoms with E-state index in [4.69, 9.17) is 0 Å². The first-order valence-corrected chi connectivity index (χ1v) is 19.3. The van der Waals surface area contributed by atoms with E-state index in [2.05, 4.69) is 228 Å². The summed E-state index contributed by atoms with van der Waals surface area (Å²) in [4.78, 5) is 2.36. The summed E-state index contributed by atoms with van der Waals surface area (Å²) in [6.45, 7) is 0. The predicted molar refractivity (Wildman–Crippen MR) is 239 cm³/mol. The van der Waals surface area contributed by atoms with Crippen LogP contribution < -0.4 is 4.90 Å². The van der Waals surface area contributed by atoms with Gasteiger partial charge < -0.3 is 9.47 Å². The Hall–Kier alpha value is -7.42. The molecule has 0 bridgehead atoms. The minimum absolute atomic E-state index is 1.11. The number of fused-ring (bicyclic) bond motifs is 7. The van der Waals surface area contributed by atoms with Crippen LogP contribution in [0.15, 0.2) is 218 Å². The van der Waals surface area contributed by atoms with Crippen LogP contribution in [0.1, 0.15) is 0 Å². The molecule has 11 rings (SSSR count). The van der Waals surface area contributed by atoms with Crippen molar-refractivity contribution in [3.63, 3.8) is 0 Å². The molecule has 0 fully saturated rings. The molecule has 2 heteroatoms. The fraction of sp³-hybridized carbons (Fsp3) is 0. The maximum atomic E-state index is 2.48. The average Bonchev–Trinajstić information content (AvgIpc) is 3.61. The lowest BCUT2D eigenvalue weighted by Crippen LogP contribution is -2.09. The molecule has 0 atom stereocenters. The van der Waals surface area contributed by atoms with Gasteiger partial charge in [0.15, 0.2) is 0 Å². The third-order valence-electron chi connectivity index (χ3n) is 11.3. The van der Waals surface area contributed by atoms with Crippen molar-refractivity contribution in [1.29, 1.82) is 0 Å². The fourth-order valence-electron chi connectivity index (χ4n) is 8.61. The molecule has 2 nitrogen and oxygen atoms in total. The van der Waals surface area contributed by atoms with Crippen molar-refractivity contribution in [2.45, 2.75) is 0 Å². The summed E-state index contributed by atoms with van der Waals surface area (Å²) in [5, 5.41) is 9.93. The highest BCUT2D eigenvalue weighted by Gasteiger charge is 2.18. The topological polar surface area (TPSA) is 8.17 Å². The zero-order valence-corrected chi connectivity index (χ0v) is 30.7. The van der Waals surface area contributed by atoms with E-state index in [-0.39, 0.29) is 0 Å². The normalized spacial score (nSPS) is 11.6. The largest absolute Gasteiger partial charge is 0.310 e. The lowest BCUT2D eigenvalue weighted by molar-refractivity contribution is 1.20. The SMILES string of the molecule is c1ccc(-c2ccc(N(c3ccc(-c4ccc5c(c4)c4ccc6ccccc6c4n5-c4cccc5ccccc45)cc3)c3ccc4ccccc4c3)cc2)cc1. The number of anilines is 3. The molecule has 0 radical (unpaired) electrons. The Morgan fingerprint density at radius 3 is 1.57 bits per heavy atom. The van der Waals surface area contributed by atoms with Crippen LogP contribution in [0.5, 0.6) is 0 Å². The molecule has 0 amide bonds. The van der Waals surface area contributed by atoms with E-state index in [9.17, 15) is 0 Å². The summed E-state index contributed by atoms with van der Waals surface area (Å²) in [6, 6.07) is 79.5. The van der Waals surface area contributed by atoms with Crippen LogP contribution in [0.3, 0.4) is 0 Å². The van der Waals surface area contributed by atoms with Gasteiger partial charge in [0, 0.05) is 38.6 Å². The van der Waals surface area contributed by atoms with Crippen molar-refractivity contribution in [1.82, 2.24) is 4.57 Å². The molecule has 0 aliphatic heterocycles. The number of hydrogen-bond donors (Lipinski definition) is 0. The smallest absolute Gasteiger partial charge is 0.0619 e. The quantitative estimate of drug-likeness (QED) is 0.167.